The van der Waals surface area contributed by atoms with E-state index in [1.54, 1.807) is 7.05 Å². The van der Waals surface area contributed by atoms with Crippen LogP contribution in [-0.4, -0.2) is 80.3 Å². The third kappa shape index (κ3) is 4.05. The SMILES string of the molecule is Cn1nnnc1SCC1=C(C(=O)O)N2C(=O)C(NC(=O)/C(=C\Cl)c3nsc(N)n3)[C@H]2SC1. The third-order valence-corrected chi connectivity index (χ3v) is 7.73. The lowest BCUT2D eigenvalue weighted by Crippen LogP contribution is -2.70. The fourth-order valence-electron chi connectivity index (χ4n) is 3.05. The number of halogens is 1. The second-order valence-corrected chi connectivity index (χ2v) is 9.52. The molecule has 0 bridgehead atoms. The Morgan fingerprint density at radius 1 is 1.47 bits per heavy atom. The summed E-state index contributed by atoms with van der Waals surface area (Å²) in [5, 5.41) is 23.6. The van der Waals surface area contributed by atoms with E-state index in [1.807, 2.05) is 0 Å². The van der Waals surface area contributed by atoms with Crippen LogP contribution in [0.25, 0.3) is 5.57 Å². The van der Waals surface area contributed by atoms with Gasteiger partial charge in [0.2, 0.25) is 5.16 Å². The number of aromatic nitrogens is 6. The summed E-state index contributed by atoms with van der Waals surface area (Å²) in [7, 11) is 1.67. The molecule has 0 saturated carbocycles. The molecule has 2 aliphatic heterocycles. The zero-order valence-electron chi connectivity index (χ0n) is 16.1. The van der Waals surface area contributed by atoms with E-state index in [2.05, 4.69) is 30.2 Å². The summed E-state index contributed by atoms with van der Waals surface area (Å²) in [6.07, 6.45) is 0. The lowest BCUT2D eigenvalue weighted by Gasteiger charge is -2.49. The van der Waals surface area contributed by atoms with Crippen molar-refractivity contribution in [3.8, 4) is 0 Å². The Labute approximate surface area is 197 Å². The third-order valence-electron chi connectivity index (χ3n) is 4.53. The summed E-state index contributed by atoms with van der Waals surface area (Å²) >= 11 is 9.28. The number of nitrogen functional groups attached to an aromatic ring is 1. The van der Waals surface area contributed by atoms with Crippen LogP contribution in [-0.2, 0) is 21.4 Å². The van der Waals surface area contributed by atoms with Crippen LogP contribution in [0.15, 0.2) is 22.0 Å². The number of thioether (sulfide) groups is 2. The average molecular weight is 516 g/mol. The number of aliphatic carboxylic acids is 1. The van der Waals surface area contributed by atoms with E-state index in [1.165, 1.54) is 33.1 Å². The van der Waals surface area contributed by atoms with E-state index < -0.39 is 29.2 Å². The molecule has 2 aliphatic rings. The first kappa shape index (κ1) is 22.5. The van der Waals surface area contributed by atoms with Crippen LogP contribution in [0.3, 0.4) is 0 Å². The molecule has 2 amide bonds. The van der Waals surface area contributed by atoms with E-state index >= 15 is 0 Å². The number of β-lactam (4-membered cyclic amide) rings is 1. The smallest absolute Gasteiger partial charge is 0.352 e. The van der Waals surface area contributed by atoms with Gasteiger partial charge in [0.05, 0.1) is 5.57 Å². The van der Waals surface area contributed by atoms with Crippen LogP contribution in [0.4, 0.5) is 5.13 Å². The monoisotopic (exact) mass is 515 g/mol. The van der Waals surface area contributed by atoms with Gasteiger partial charge < -0.3 is 16.2 Å². The molecule has 4 heterocycles. The minimum atomic E-state index is -1.22. The molecule has 4 N–H and O–H groups in total. The first-order valence-corrected chi connectivity index (χ1v) is 12.0. The van der Waals surface area contributed by atoms with Gasteiger partial charge in [-0.25, -0.2) is 9.48 Å². The second kappa shape index (κ2) is 9.05. The standard InChI is InChI=1S/C15H14ClN9O4S3/c1-24-15(20-22-23-24)31-4-5-3-30-12-7(11(27)25(12)8(5)13(28)29)18-10(26)6(2-16)9-19-14(17)32-21-9/h2,7,12H,3-4H2,1H3,(H,18,26)(H,28,29)(H2,17,19,21)/b6-2-/t7?,12-/m1/s1. The van der Waals surface area contributed by atoms with Gasteiger partial charge in [-0.05, 0) is 16.0 Å². The first-order chi connectivity index (χ1) is 15.3. The molecule has 1 saturated heterocycles. The summed E-state index contributed by atoms with van der Waals surface area (Å²) in [5.74, 6) is -1.70. The number of carboxylic acids is 1. The fraction of sp³-hybridized carbons (Fsp3) is 0.333. The topological polar surface area (TPSA) is 182 Å². The van der Waals surface area contributed by atoms with Crippen LogP contribution in [0.1, 0.15) is 5.82 Å². The van der Waals surface area contributed by atoms with E-state index in [4.69, 9.17) is 17.3 Å². The molecule has 4 rings (SSSR count). The van der Waals surface area contributed by atoms with Crippen molar-refractivity contribution in [2.75, 3.05) is 17.2 Å². The predicted molar refractivity (Wildman–Crippen MR) is 117 cm³/mol. The van der Waals surface area contributed by atoms with Crippen LogP contribution in [0.2, 0.25) is 0 Å². The normalized spacial score (nSPS) is 20.8. The van der Waals surface area contributed by atoms with Crippen molar-refractivity contribution in [1.82, 2.24) is 39.8 Å². The van der Waals surface area contributed by atoms with Crippen LogP contribution in [0, 0.1) is 0 Å². The molecule has 0 aromatic carbocycles. The molecule has 32 heavy (non-hydrogen) atoms. The predicted octanol–water partition coefficient (Wildman–Crippen LogP) is -0.246. The zero-order chi connectivity index (χ0) is 23.0. The zero-order valence-corrected chi connectivity index (χ0v) is 19.3. The minimum Gasteiger partial charge on any atom is -0.477 e. The average Bonchev–Trinajstić information content (AvgIpc) is 3.37. The van der Waals surface area contributed by atoms with Crippen LogP contribution in [0.5, 0.6) is 0 Å². The molecule has 0 aliphatic carbocycles. The van der Waals surface area contributed by atoms with E-state index in [0.717, 1.165) is 17.1 Å². The highest BCUT2D eigenvalue weighted by Crippen LogP contribution is 2.41. The molecule has 1 fully saturated rings. The maximum absolute atomic E-state index is 12.8. The van der Waals surface area contributed by atoms with Gasteiger partial charge in [0.1, 0.15) is 17.1 Å². The number of carboxylic acid groups (broad SMARTS) is 1. The van der Waals surface area contributed by atoms with Gasteiger partial charge in [0, 0.05) is 35.6 Å². The Hall–Kier alpha value is -2.69. The number of aryl methyl sites for hydroxylation is 1. The molecule has 168 valence electrons. The number of fused-ring (bicyclic) bond motifs is 1. The first-order valence-electron chi connectivity index (χ1n) is 8.77. The van der Waals surface area contributed by atoms with Crippen molar-refractivity contribution in [2.24, 2.45) is 7.05 Å². The van der Waals surface area contributed by atoms with Gasteiger partial charge in [-0.15, -0.1) is 16.9 Å². The Bertz CT molecular complexity index is 1160. The Balaban J connectivity index is 1.48. The highest BCUT2D eigenvalue weighted by atomic mass is 35.5. The number of rotatable bonds is 7. The highest BCUT2D eigenvalue weighted by Gasteiger charge is 2.54. The molecular formula is C15H14ClN9O4S3. The molecule has 2 aromatic heterocycles. The quantitative estimate of drug-likeness (QED) is 0.250. The van der Waals surface area contributed by atoms with Crippen molar-refractivity contribution >= 4 is 75.1 Å². The van der Waals surface area contributed by atoms with E-state index in [0.29, 0.717) is 22.2 Å². The number of hydrogen-bond donors (Lipinski definition) is 3. The van der Waals surface area contributed by atoms with Gasteiger partial charge in [-0.2, -0.15) is 9.36 Å². The highest BCUT2D eigenvalue weighted by molar-refractivity contribution is 8.01. The number of nitrogens with zero attached hydrogens (tertiary/aromatic N) is 7. The van der Waals surface area contributed by atoms with Gasteiger partial charge >= 0.3 is 5.97 Å². The number of amides is 2. The van der Waals surface area contributed by atoms with Crippen molar-refractivity contribution in [3.05, 3.63) is 22.6 Å². The lowest BCUT2D eigenvalue weighted by molar-refractivity contribution is -0.150. The Morgan fingerprint density at radius 2 is 2.25 bits per heavy atom. The minimum absolute atomic E-state index is 0.0450. The summed E-state index contributed by atoms with van der Waals surface area (Å²) in [5.41, 5.74) is 6.98. The van der Waals surface area contributed by atoms with Crippen LogP contribution >= 0.6 is 46.7 Å². The number of hydrogen-bond acceptors (Lipinski definition) is 12. The summed E-state index contributed by atoms with van der Waals surface area (Å²) in [6.45, 7) is 0. The Morgan fingerprint density at radius 3 is 2.84 bits per heavy atom. The number of carbonyl (C=O) groups is 3. The Kier molecular flexibility index (Phi) is 6.36. The van der Waals surface area contributed by atoms with Gasteiger partial charge in [0.25, 0.3) is 11.8 Å². The molecule has 1 unspecified atom stereocenters. The molecule has 0 spiro atoms. The number of nitrogens with two attached hydrogens (primary N) is 1. The largest absolute Gasteiger partial charge is 0.477 e. The molecule has 0 radical (unpaired) electrons. The molecule has 2 aromatic rings. The molecule has 2 atom stereocenters. The lowest BCUT2D eigenvalue weighted by atomic mass is 10.0. The van der Waals surface area contributed by atoms with Crippen LogP contribution < -0.4 is 11.1 Å². The van der Waals surface area contributed by atoms with E-state index in [9.17, 15) is 19.5 Å². The van der Waals surface area contributed by atoms with Gasteiger partial charge in [0.15, 0.2) is 11.0 Å². The van der Waals surface area contributed by atoms with Crippen molar-refractivity contribution in [2.45, 2.75) is 16.6 Å². The fourth-order valence-corrected chi connectivity index (χ4v) is 6.03. The summed E-state index contributed by atoms with van der Waals surface area (Å²) < 4.78 is 5.41. The number of nitrogens with one attached hydrogen (secondary N) is 1. The number of anilines is 1. The van der Waals surface area contributed by atoms with Gasteiger partial charge in [-0.1, -0.05) is 23.4 Å². The summed E-state index contributed by atoms with van der Waals surface area (Å²) in [6, 6.07) is -0.915. The maximum Gasteiger partial charge on any atom is 0.352 e. The number of tetrazole rings is 1. The number of carbonyl (C=O) groups excluding carboxylic acids is 2. The van der Waals surface area contributed by atoms with Crippen molar-refractivity contribution < 1.29 is 19.5 Å². The molecule has 17 heteroatoms. The maximum atomic E-state index is 12.8. The molecular weight excluding hydrogens is 502 g/mol. The van der Waals surface area contributed by atoms with Crippen molar-refractivity contribution in [3.63, 3.8) is 0 Å². The van der Waals surface area contributed by atoms with E-state index in [-0.39, 0.29) is 22.2 Å². The van der Waals surface area contributed by atoms with Crippen molar-refractivity contribution in [1.29, 1.82) is 0 Å². The molecule has 13 nitrogen and oxygen atoms in total. The van der Waals surface area contributed by atoms with Gasteiger partial charge in [-0.3, -0.25) is 14.5 Å². The summed E-state index contributed by atoms with van der Waals surface area (Å²) in [4.78, 5) is 42.5. The second-order valence-electron chi connectivity index (χ2n) is 6.47.